The minimum absolute atomic E-state index is 0.0342. The lowest BCUT2D eigenvalue weighted by molar-refractivity contribution is -0.135. The van der Waals surface area contributed by atoms with Crippen molar-refractivity contribution in [3.8, 4) is 0 Å². The van der Waals surface area contributed by atoms with Crippen LogP contribution in [0.1, 0.15) is 31.4 Å². The largest absolute Gasteiger partial charge is 0.349 e. The highest BCUT2D eigenvalue weighted by molar-refractivity contribution is 5.84. The lowest BCUT2D eigenvalue weighted by Crippen LogP contribution is -2.36. The average Bonchev–Trinajstić information content (AvgIpc) is 3.16. The van der Waals surface area contributed by atoms with Gasteiger partial charge in [-0.2, -0.15) is 0 Å². The number of amides is 3. The third-order valence-corrected chi connectivity index (χ3v) is 5.66. The molecule has 2 heterocycles. The Kier molecular flexibility index (Phi) is 5.48. The first-order valence-electron chi connectivity index (χ1n) is 9.28. The molecule has 6 nitrogen and oxygen atoms in total. The molecule has 0 aromatic heterocycles. The SMILES string of the molecule is CC(=O)N1C[C@H]2CN(C(=O)CCC(=O)N(C)C)C[C@H]2[C@@H]1c1cccc(F)c1. The summed E-state index contributed by atoms with van der Waals surface area (Å²) in [7, 11) is 3.35. The van der Waals surface area contributed by atoms with E-state index < -0.39 is 0 Å². The molecule has 0 radical (unpaired) electrons. The van der Waals surface area contributed by atoms with Crippen molar-refractivity contribution >= 4 is 17.7 Å². The van der Waals surface area contributed by atoms with Gasteiger partial charge >= 0.3 is 0 Å². The zero-order valence-corrected chi connectivity index (χ0v) is 16.0. The lowest BCUT2D eigenvalue weighted by Gasteiger charge is -2.29. The molecule has 2 saturated heterocycles. The number of hydrogen-bond donors (Lipinski definition) is 0. The number of halogens is 1. The third-order valence-electron chi connectivity index (χ3n) is 5.66. The van der Waals surface area contributed by atoms with Crippen LogP contribution in [-0.4, -0.2) is 66.2 Å². The number of carbonyl (C=O) groups excluding carboxylic acids is 3. The van der Waals surface area contributed by atoms with Crippen LogP contribution in [0, 0.1) is 17.7 Å². The molecule has 7 heteroatoms. The van der Waals surface area contributed by atoms with E-state index in [-0.39, 0.29) is 54.3 Å². The van der Waals surface area contributed by atoms with Crippen LogP contribution in [0.4, 0.5) is 4.39 Å². The Hall–Kier alpha value is -2.44. The van der Waals surface area contributed by atoms with Gasteiger partial charge in [0.2, 0.25) is 17.7 Å². The number of carbonyl (C=O) groups is 3. The van der Waals surface area contributed by atoms with Crippen molar-refractivity contribution in [3.63, 3.8) is 0 Å². The van der Waals surface area contributed by atoms with Gasteiger partial charge in [0.15, 0.2) is 0 Å². The first kappa shape index (κ1) is 19.3. The fourth-order valence-electron chi connectivity index (χ4n) is 4.29. The van der Waals surface area contributed by atoms with Crippen molar-refractivity contribution in [2.75, 3.05) is 33.7 Å². The van der Waals surface area contributed by atoms with E-state index in [2.05, 4.69) is 0 Å². The fourth-order valence-corrected chi connectivity index (χ4v) is 4.29. The third kappa shape index (κ3) is 3.96. The molecular formula is C20H26FN3O3. The summed E-state index contributed by atoms with van der Waals surface area (Å²) in [5.74, 6) is -0.198. The summed E-state index contributed by atoms with van der Waals surface area (Å²) in [6, 6.07) is 6.14. The zero-order chi connectivity index (χ0) is 19.7. The highest BCUT2D eigenvalue weighted by Gasteiger charge is 2.49. The predicted molar refractivity (Wildman–Crippen MR) is 98.0 cm³/mol. The summed E-state index contributed by atoms with van der Waals surface area (Å²) >= 11 is 0. The number of fused-ring (bicyclic) bond motifs is 1. The first-order chi connectivity index (χ1) is 12.8. The number of hydrogen-bond acceptors (Lipinski definition) is 3. The maximum atomic E-state index is 13.7. The van der Waals surface area contributed by atoms with Crippen molar-refractivity contribution < 1.29 is 18.8 Å². The van der Waals surface area contributed by atoms with Gasteiger partial charge in [0, 0.05) is 65.3 Å². The summed E-state index contributed by atoms with van der Waals surface area (Å²) in [5.41, 5.74) is 0.773. The number of likely N-dealkylation sites (tertiary alicyclic amines) is 2. The maximum Gasteiger partial charge on any atom is 0.223 e. The van der Waals surface area contributed by atoms with Crippen molar-refractivity contribution in [3.05, 3.63) is 35.6 Å². The Bertz CT molecular complexity index is 752. The highest BCUT2D eigenvalue weighted by Crippen LogP contribution is 2.45. The van der Waals surface area contributed by atoms with E-state index in [0.29, 0.717) is 19.6 Å². The quantitative estimate of drug-likeness (QED) is 0.804. The first-order valence-corrected chi connectivity index (χ1v) is 9.28. The van der Waals surface area contributed by atoms with E-state index in [9.17, 15) is 18.8 Å². The maximum absolute atomic E-state index is 13.7. The Balaban J connectivity index is 1.72. The average molecular weight is 375 g/mol. The number of nitrogens with zero attached hydrogens (tertiary/aromatic N) is 3. The van der Waals surface area contributed by atoms with E-state index in [1.165, 1.54) is 24.0 Å². The van der Waals surface area contributed by atoms with Gasteiger partial charge in [0.25, 0.3) is 0 Å². The van der Waals surface area contributed by atoms with Crippen molar-refractivity contribution in [2.24, 2.45) is 11.8 Å². The summed E-state index contributed by atoms with van der Waals surface area (Å²) < 4.78 is 13.7. The molecule has 146 valence electrons. The molecule has 0 saturated carbocycles. The lowest BCUT2D eigenvalue weighted by atomic mass is 9.89. The second kappa shape index (κ2) is 7.66. The molecule has 1 aromatic rings. The van der Waals surface area contributed by atoms with Gasteiger partial charge in [0.05, 0.1) is 6.04 Å². The molecule has 3 rings (SSSR count). The van der Waals surface area contributed by atoms with Crippen molar-refractivity contribution in [1.29, 1.82) is 0 Å². The van der Waals surface area contributed by atoms with Crippen LogP contribution in [-0.2, 0) is 14.4 Å². The molecule has 3 amide bonds. The zero-order valence-electron chi connectivity index (χ0n) is 16.0. The minimum Gasteiger partial charge on any atom is -0.349 e. The summed E-state index contributed by atoms with van der Waals surface area (Å²) in [5, 5.41) is 0. The smallest absolute Gasteiger partial charge is 0.223 e. The van der Waals surface area contributed by atoms with Gasteiger partial charge in [-0.25, -0.2) is 4.39 Å². The second-order valence-electron chi connectivity index (χ2n) is 7.68. The van der Waals surface area contributed by atoms with Gasteiger partial charge in [-0.1, -0.05) is 12.1 Å². The van der Waals surface area contributed by atoms with Gasteiger partial charge in [0.1, 0.15) is 5.82 Å². The van der Waals surface area contributed by atoms with Crippen LogP contribution in [0.5, 0.6) is 0 Å². The summed E-state index contributed by atoms with van der Waals surface area (Å²) in [6.45, 7) is 3.21. The molecule has 0 unspecified atom stereocenters. The Labute approximate surface area is 158 Å². The van der Waals surface area contributed by atoms with E-state index >= 15 is 0 Å². The monoisotopic (exact) mass is 375 g/mol. The number of rotatable bonds is 4. The molecule has 0 N–H and O–H groups in total. The van der Waals surface area contributed by atoms with Crippen LogP contribution in [0.3, 0.4) is 0 Å². The summed E-state index contributed by atoms with van der Waals surface area (Å²) in [6.07, 6.45) is 0.391. The number of benzene rings is 1. The van der Waals surface area contributed by atoms with Gasteiger partial charge in [-0.3, -0.25) is 14.4 Å². The molecule has 0 aliphatic carbocycles. The highest BCUT2D eigenvalue weighted by atomic mass is 19.1. The van der Waals surface area contributed by atoms with Crippen LogP contribution in [0.25, 0.3) is 0 Å². The van der Waals surface area contributed by atoms with Crippen molar-refractivity contribution in [1.82, 2.24) is 14.7 Å². The molecule has 3 atom stereocenters. The van der Waals surface area contributed by atoms with E-state index in [0.717, 1.165) is 5.56 Å². The summed E-state index contributed by atoms with van der Waals surface area (Å²) in [4.78, 5) is 41.4. The molecule has 2 aliphatic heterocycles. The Morgan fingerprint density at radius 1 is 1.15 bits per heavy atom. The van der Waals surface area contributed by atoms with Gasteiger partial charge in [-0.15, -0.1) is 0 Å². The van der Waals surface area contributed by atoms with Gasteiger partial charge < -0.3 is 14.7 Å². The van der Waals surface area contributed by atoms with Crippen LogP contribution < -0.4 is 0 Å². The fraction of sp³-hybridized carbons (Fsp3) is 0.550. The molecule has 0 spiro atoms. The minimum atomic E-state index is -0.326. The topological polar surface area (TPSA) is 60.9 Å². The van der Waals surface area contributed by atoms with Crippen molar-refractivity contribution in [2.45, 2.75) is 25.8 Å². The van der Waals surface area contributed by atoms with E-state index in [4.69, 9.17) is 0 Å². The second-order valence-corrected chi connectivity index (χ2v) is 7.68. The predicted octanol–water partition coefficient (Wildman–Crippen LogP) is 1.67. The van der Waals surface area contributed by atoms with Gasteiger partial charge in [-0.05, 0) is 17.7 Å². The molecule has 0 bridgehead atoms. The molecule has 2 fully saturated rings. The van der Waals surface area contributed by atoms with Crippen LogP contribution in [0.2, 0.25) is 0 Å². The standard InChI is InChI=1S/C20H26FN3O3/c1-13(25)24-11-15-10-23(19(27)8-7-18(26)22(2)3)12-17(15)20(24)14-5-4-6-16(21)9-14/h4-6,9,15,17,20H,7-8,10-12H2,1-3H3/t15-,17-,20+/m1/s1. The van der Waals surface area contributed by atoms with Crippen LogP contribution >= 0.6 is 0 Å². The molecule has 27 heavy (non-hydrogen) atoms. The van der Waals surface area contributed by atoms with E-state index in [1.54, 1.807) is 30.0 Å². The molecular weight excluding hydrogens is 349 g/mol. The molecule has 2 aliphatic rings. The normalized spacial score (nSPS) is 24.1. The van der Waals surface area contributed by atoms with E-state index in [1.807, 2.05) is 6.07 Å². The Morgan fingerprint density at radius 3 is 2.52 bits per heavy atom. The Morgan fingerprint density at radius 2 is 1.89 bits per heavy atom. The van der Waals surface area contributed by atoms with Crippen LogP contribution in [0.15, 0.2) is 24.3 Å². The molecule has 1 aromatic carbocycles.